The Morgan fingerprint density at radius 3 is 2.31 bits per heavy atom. The van der Waals surface area contributed by atoms with Gasteiger partial charge in [-0.3, -0.25) is 4.79 Å². The van der Waals surface area contributed by atoms with E-state index in [0.29, 0.717) is 12.3 Å². The van der Waals surface area contributed by atoms with E-state index in [0.717, 1.165) is 0 Å². The molecule has 0 spiro atoms. The number of carboxylic acids is 2. The van der Waals surface area contributed by atoms with Crippen molar-refractivity contribution in [1.82, 2.24) is 10.6 Å². The summed E-state index contributed by atoms with van der Waals surface area (Å²) >= 11 is 3.86. The zero-order valence-corrected chi connectivity index (χ0v) is 9.37. The lowest BCUT2D eigenvalue weighted by atomic mass is 10.1. The van der Waals surface area contributed by atoms with Crippen LogP contribution in [-0.4, -0.2) is 46.5 Å². The molecule has 16 heavy (non-hydrogen) atoms. The van der Waals surface area contributed by atoms with Crippen LogP contribution in [-0.2, 0) is 9.59 Å². The molecule has 2 amide bonds. The maximum absolute atomic E-state index is 11.1. The summed E-state index contributed by atoms with van der Waals surface area (Å²) in [4.78, 5) is 32.0. The van der Waals surface area contributed by atoms with Crippen LogP contribution in [0.5, 0.6) is 0 Å². The molecule has 7 nitrogen and oxygen atoms in total. The molecule has 0 aliphatic carbocycles. The van der Waals surface area contributed by atoms with E-state index in [1.54, 1.807) is 0 Å². The molecule has 0 aliphatic rings. The third kappa shape index (κ3) is 6.93. The van der Waals surface area contributed by atoms with Crippen LogP contribution in [0.15, 0.2) is 0 Å². The second-order valence-electron chi connectivity index (χ2n) is 2.95. The average Bonchev–Trinajstić information content (AvgIpc) is 2.20. The Bertz CT molecular complexity index is 271. The Labute approximate surface area is 97.6 Å². The molecular formula is C8H14N2O5S. The fourth-order valence-electron chi connectivity index (χ4n) is 0.904. The number of carbonyl (C=O) groups is 3. The molecule has 0 aromatic heterocycles. The summed E-state index contributed by atoms with van der Waals surface area (Å²) in [6, 6.07) is -1.84. The van der Waals surface area contributed by atoms with Crippen molar-refractivity contribution in [2.24, 2.45) is 0 Å². The lowest BCUT2D eigenvalue weighted by Gasteiger charge is -2.13. The number of hydrogen-bond acceptors (Lipinski definition) is 4. The Balaban J connectivity index is 4.07. The van der Waals surface area contributed by atoms with Crippen molar-refractivity contribution in [3.05, 3.63) is 0 Å². The molecule has 0 saturated heterocycles. The van der Waals surface area contributed by atoms with Crippen LogP contribution in [0.25, 0.3) is 0 Å². The van der Waals surface area contributed by atoms with Crippen LogP contribution in [0.2, 0.25) is 0 Å². The first kappa shape index (κ1) is 14.6. The van der Waals surface area contributed by atoms with Gasteiger partial charge in [0.2, 0.25) is 0 Å². The van der Waals surface area contributed by atoms with E-state index in [1.165, 1.54) is 0 Å². The minimum Gasteiger partial charge on any atom is -0.481 e. The van der Waals surface area contributed by atoms with Gasteiger partial charge in [0.05, 0.1) is 0 Å². The van der Waals surface area contributed by atoms with E-state index in [1.807, 2.05) is 0 Å². The summed E-state index contributed by atoms with van der Waals surface area (Å²) in [5, 5.41) is 21.6. The predicted molar refractivity (Wildman–Crippen MR) is 58.7 cm³/mol. The summed E-state index contributed by atoms with van der Waals surface area (Å²) < 4.78 is 0. The van der Waals surface area contributed by atoms with E-state index in [4.69, 9.17) is 10.2 Å². The van der Waals surface area contributed by atoms with Crippen molar-refractivity contribution in [2.75, 3.05) is 12.3 Å². The number of aliphatic carboxylic acids is 2. The molecule has 0 saturated carbocycles. The number of rotatable bonds is 7. The van der Waals surface area contributed by atoms with E-state index >= 15 is 0 Å². The molecule has 1 unspecified atom stereocenters. The van der Waals surface area contributed by atoms with Gasteiger partial charge in [0.15, 0.2) is 0 Å². The molecule has 0 bridgehead atoms. The maximum Gasteiger partial charge on any atom is 0.326 e. The number of amides is 2. The molecular weight excluding hydrogens is 236 g/mol. The first-order valence-electron chi connectivity index (χ1n) is 4.57. The quantitative estimate of drug-likeness (QED) is 0.392. The maximum atomic E-state index is 11.1. The van der Waals surface area contributed by atoms with Gasteiger partial charge in [-0.25, -0.2) is 9.59 Å². The molecule has 0 radical (unpaired) electrons. The number of hydrogen-bond donors (Lipinski definition) is 5. The van der Waals surface area contributed by atoms with Crippen molar-refractivity contribution in [3.8, 4) is 0 Å². The molecule has 1 atom stereocenters. The standard InChI is InChI=1S/C8H14N2O5S/c11-6(12)2-1-5(7(13)14)10-8(15)9-3-4-16/h5,16H,1-4H2,(H,11,12)(H,13,14)(H2,9,10,15). The normalized spacial score (nSPS) is 11.6. The van der Waals surface area contributed by atoms with E-state index in [-0.39, 0.29) is 12.8 Å². The fourth-order valence-corrected chi connectivity index (χ4v) is 1.02. The molecule has 92 valence electrons. The van der Waals surface area contributed by atoms with Gasteiger partial charge in [-0.05, 0) is 6.42 Å². The Kier molecular flexibility index (Phi) is 7.10. The zero-order valence-electron chi connectivity index (χ0n) is 8.47. The first-order valence-corrected chi connectivity index (χ1v) is 5.20. The Morgan fingerprint density at radius 1 is 1.25 bits per heavy atom. The zero-order chi connectivity index (χ0) is 12.6. The van der Waals surface area contributed by atoms with Gasteiger partial charge in [-0.2, -0.15) is 12.6 Å². The first-order chi connectivity index (χ1) is 7.47. The molecule has 4 N–H and O–H groups in total. The van der Waals surface area contributed by atoms with Crippen LogP contribution in [0.1, 0.15) is 12.8 Å². The molecule has 8 heteroatoms. The highest BCUT2D eigenvalue weighted by Crippen LogP contribution is 1.97. The lowest BCUT2D eigenvalue weighted by Crippen LogP contribution is -2.46. The predicted octanol–water partition coefficient (Wildman–Crippen LogP) is -0.467. The number of carboxylic acid groups (broad SMARTS) is 2. The SMILES string of the molecule is O=C(O)CCC(NC(=O)NCCS)C(=O)O. The fraction of sp³-hybridized carbons (Fsp3) is 0.625. The van der Waals surface area contributed by atoms with Crippen molar-refractivity contribution in [2.45, 2.75) is 18.9 Å². The number of thiol groups is 1. The van der Waals surface area contributed by atoms with Crippen LogP contribution in [0, 0.1) is 0 Å². The van der Waals surface area contributed by atoms with Crippen LogP contribution in [0.4, 0.5) is 4.79 Å². The highest BCUT2D eigenvalue weighted by molar-refractivity contribution is 7.80. The Morgan fingerprint density at radius 2 is 1.88 bits per heavy atom. The van der Waals surface area contributed by atoms with Crippen LogP contribution < -0.4 is 10.6 Å². The number of nitrogens with one attached hydrogen (secondary N) is 2. The summed E-state index contributed by atoms with van der Waals surface area (Å²) in [7, 11) is 0. The minimum absolute atomic E-state index is 0.154. The second-order valence-corrected chi connectivity index (χ2v) is 3.39. The highest BCUT2D eigenvalue weighted by Gasteiger charge is 2.20. The van der Waals surface area contributed by atoms with E-state index in [2.05, 4.69) is 23.3 Å². The summed E-state index contributed by atoms with van der Waals surface area (Å²) in [5.41, 5.74) is 0. The summed E-state index contributed by atoms with van der Waals surface area (Å²) in [5.74, 6) is -1.94. The van der Waals surface area contributed by atoms with E-state index < -0.39 is 24.0 Å². The molecule has 0 fully saturated rings. The Hall–Kier alpha value is -1.44. The lowest BCUT2D eigenvalue weighted by molar-refractivity contribution is -0.140. The average molecular weight is 250 g/mol. The van der Waals surface area contributed by atoms with Gasteiger partial charge in [0.25, 0.3) is 0 Å². The van der Waals surface area contributed by atoms with Crippen molar-refractivity contribution in [3.63, 3.8) is 0 Å². The van der Waals surface area contributed by atoms with Crippen LogP contribution in [0.3, 0.4) is 0 Å². The highest BCUT2D eigenvalue weighted by atomic mass is 32.1. The monoisotopic (exact) mass is 250 g/mol. The van der Waals surface area contributed by atoms with Gasteiger partial charge >= 0.3 is 18.0 Å². The van der Waals surface area contributed by atoms with Gasteiger partial charge in [-0.15, -0.1) is 0 Å². The molecule has 0 heterocycles. The van der Waals surface area contributed by atoms with Gasteiger partial charge in [0, 0.05) is 18.7 Å². The largest absolute Gasteiger partial charge is 0.481 e. The smallest absolute Gasteiger partial charge is 0.326 e. The van der Waals surface area contributed by atoms with Gasteiger partial charge in [-0.1, -0.05) is 0 Å². The minimum atomic E-state index is -1.26. The summed E-state index contributed by atoms with van der Waals surface area (Å²) in [6.45, 7) is 0.306. The molecule has 0 rings (SSSR count). The van der Waals surface area contributed by atoms with Gasteiger partial charge in [0.1, 0.15) is 6.04 Å². The second kappa shape index (κ2) is 7.80. The molecule has 0 aromatic rings. The third-order valence-corrected chi connectivity index (χ3v) is 1.87. The van der Waals surface area contributed by atoms with Gasteiger partial charge < -0.3 is 20.8 Å². The number of urea groups is 1. The van der Waals surface area contributed by atoms with Crippen molar-refractivity contribution < 1.29 is 24.6 Å². The molecule has 0 aromatic carbocycles. The summed E-state index contributed by atoms with van der Waals surface area (Å²) in [6.07, 6.45) is -0.469. The van der Waals surface area contributed by atoms with Crippen molar-refractivity contribution >= 4 is 30.6 Å². The van der Waals surface area contributed by atoms with E-state index in [9.17, 15) is 14.4 Å². The molecule has 0 aliphatic heterocycles. The number of carbonyl (C=O) groups excluding carboxylic acids is 1. The van der Waals surface area contributed by atoms with Crippen molar-refractivity contribution in [1.29, 1.82) is 0 Å². The third-order valence-electron chi connectivity index (χ3n) is 1.65. The topological polar surface area (TPSA) is 116 Å². The van der Waals surface area contributed by atoms with Crippen LogP contribution >= 0.6 is 12.6 Å².